The van der Waals surface area contributed by atoms with Crippen molar-refractivity contribution >= 4 is 0 Å². The van der Waals surface area contributed by atoms with Gasteiger partial charge in [-0.25, -0.2) is 0 Å². The molecule has 1 rings (SSSR count). The van der Waals surface area contributed by atoms with Crippen molar-refractivity contribution in [2.45, 2.75) is 33.4 Å². The van der Waals surface area contributed by atoms with E-state index in [-0.39, 0.29) is 6.61 Å². The van der Waals surface area contributed by atoms with E-state index in [0.717, 1.165) is 23.5 Å². The Morgan fingerprint density at radius 3 is 2.69 bits per heavy atom. The van der Waals surface area contributed by atoms with E-state index in [1.165, 1.54) is 0 Å². The molecule has 0 atom stereocenters. The number of aromatic nitrogens is 2. The number of terminal acetylenes is 1. The third-order valence-electron chi connectivity index (χ3n) is 2.16. The van der Waals surface area contributed by atoms with Crippen LogP contribution in [0.25, 0.3) is 0 Å². The first-order chi connectivity index (χ1) is 6.20. The SMILES string of the molecule is C#CCCn1nc(C)c(CO)c1C. The molecule has 0 fully saturated rings. The molecule has 1 heterocycles. The molecule has 3 heteroatoms. The summed E-state index contributed by atoms with van der Waals surface area (Å²) in [5.74, 6) is 2.57. The smallest absolute Gasteiger partial charge is 0.0718 e. The highest BCUT2D eigenvalue weighted by Crippen LogP contribution is 2.12. The monoisotopic (exact) mass is 178 g/mol. The molecular weight excluding hydrogens is 164 g/mol. The van der Waals surface area contributed by atoms with Crippen molar-refractivity contribution in [2.75, 3.05) is 0 Å². The van der Waals surface area contributed by atoms with Crippen LogP contribution in [0.2, 0.25) is 0 Å². The van der Waals surface area contributed by atoms with Gasteiger partial charge in [0.15, 0.2) is 0 Å². The Morgan fingerprint density at radius 2 is 2.23 bits per heavy atom. The first kappa shape index (κ1) is 9.82. The van der Waals surface area contributed by atoms with Crippen molar-refractivity contribution < 1.29 is 5.11 Å². The highest BCUT2D eigenvalue weighted by atomic mass is 16.3. The van der Waals surface area contributed by atoms with Crippen LogP contribution in [0.15, 0.2) is 0 Å². The van der Waals surface area contributed by atoms with Gasteiger partial charge in [-0.2, -0.15) is 5.10 Å². The number of aliphatic hydroxyl groups excluding tert-OH is 1. The van der Waals surface area contributed by atoms with Gasteiger partial charge in [0.25, 0.3) is 0 Å². The van der Waals surface area contributed by atoms with Crippen LogP contribution in [0.5, 0.6) is 0 Å². The van der Waals surface area contributed by atoms with Crippen LogP contribution in [-0.4, -0.2) is 14.9 Å². The molecule has 0 aromatic carbocycles. The molecule has 3 nitrogen and oxygen atoms in total. The van der Waals surface area contributed by atoms with E-state index >= 15 is 0 Å². The molecule has 1 aromatic rings. The number of rotatable bonds is 3. The normalized spacial score (nSPS) is 10.0. The van der Waals surface area contributed by atoms with Crippen LogP contribution in [0, 0.1) is 26.2 Å². The molecule has 1 N–H and O–H groups in total. The summed E-state index contributed by atoms with van der Waals surface area (Å²) in [4.78, 5) is 0. The van der Waals surface area contributed by atoms with Crippen LogP contribution < -0.4 is 0 Å². The number of nitrogens with zero attached hydrogens (tertiary/aromatic N) is 2. The fraction of sp³-hybridized carbons (Fsp3) is 0.500. The number of aryl methyl sites for hydroxylation is 2. The fourth-order valence-electron chi connectivity index (χ4n) is 1.35. The molecule has 0 saturated heterocycles. The Kier molecular flexibility index (Phi) is 3.10. The molecule has 0 unspecified atom stereocenters. The number of aliphatic hydroxyl groups is 1. The molecule has 0 saturated carbocycles. The van der Waals surface area contributed by atoms with Crippen LogP contribution in [0.4, 0.5) is 0 Å². The largest absolute Gasteiger partial charge is 0.392 e. The Hall–Kier alpha value is -1.27. The second kappa shape index (κ2) is 4.11. The summed E-state index contributed by atoms with van der Waals surface area (Å²) in [7, 11) is 0. The van der Waals surface area contributed by atoms with Crippen molar-refractivity contribution in [2.24, 2.45) is 0 Å². The second-order valence-corrected chi connectivity index (χ2v) is 2.98. The molecule has 0 aliphatic carbocycles. The minimum Gasteiger partial charge on any atom is -0.392 e. The Morgan fingerprint density at radius 1 is 1.54 bits per heavy atom. The molecule has 0 bridgehead atoms. The number of hydrogen-bond donors (Lipinski definition) is 1. The minimum absolute atomic E-state index is 0.0493. The van der Waals surface area contributed by atoms with Gasteiger partial charge in [0.2, 0.25) is 0 Å². The van der Waals surface area contributed by atoms with Gasteiger partial charge in [-0.1, -0.05) is 0 Å². The zero-order valence-electron chi connectivity index (χ0n) is 8.04. The van der Waals surface area contributed by atoms with Crippen LogP contribution in [-0.2, 0) is 13.2 Å². The highest BCUT2D eigenvalue weighted by Gasteiger charge is 2.08. The maximum atomic E-state index is 9.04. The average molecular weight is 178 g/mol. The molecule has 0 amide bonds. The van der Waals surface area contributed by atoms with E-state index in [2.05, 4.69) is 11.0 Å². The lowest BCUT2D eigenvalue weighted by Crippen LogP contribution is -2.02. The molecular formula is C10H14N2O. The Labute approximate surface area is 78.4 Å². The molecule has 0 aliphatic rings. The zero-order valence-corrected chi connectivity index (χ0v) is 8.04. The van der Waals surface area contributed by atoms with E-state index in [9.17, 15) is 0 Å². The zero-order chi connectivity index (χ0) is 9.84. The molecule has 0 radical (unpaired) electrons. The van der Waals surface area contributed by atoms with Crippen LogP contribution in [0.1, 0.15) is 23.4 Å². The van der Waals surface area contributed by atoms with Gasteiger partial charge in [0.1, 0.15) is 0 Å². The van der Waals surface area contributed by atoms with Crippen LogP contribution in [0.3, 0.4) is 0 Å². The maximum absolute atomic E-state index is 9.04. The lowest BCUT2D eigenvalue weighted by atomic mass is 10.2. The van der Waals surface area contributed by atoms with Crippen molar-refractivity contribution in [1.82, 2.24) is 9.78 Å². The van der Waals surface area contributed by atoms with Crippen LogP contribution >= 0.6 is 0 Å². The number of hydrogen-bond acceptors (Lipinski definition) is 2. The van der Waals surface area contributed by atoms with E-state index in [1.54, 1.807) is 0 Å². The van der Waals surface area contributed by atoms with Crippen molar-refractivity contribution in [3.63, 3.8) is 0 Å². The summed E-state index contributed by atoms with van der Waals surface area (Å²) in [6.07, 6.45) is 5.84. The summed E-state index contributed by atoms with van der Waals surface area (Å²) < 4.78 is 1.85. The molecule has 13 heavy (non-hydrogen) atoms. The van der Waals surface area contributed by atoms with Gasteiger partial charge in [-0.3, -0.25) is 4.68 Å². The van der Waals surface area contributed by atoms with Gasteiger partial charge in [-0.15, -0.1) is 12.3 Å². The first-order valence-corrected chi connectivity index (χ1v) is 4.28. The Bertz CT molecular complexity index is 333. The fourth-order valence-corrected chi connectivity index (χ4v) is 1.35. The lowest BCUT2D eigenvalue weighted by Gasteiger charge is -2.00. The third-order valence-corrected chi connectivity index (χ3v) is 2.16. The van der Waals surface area contributed by atoms with Crippen molar-refractivity contribution in [3.8, 4) is 12.3 Å². The van der Waals surface area contributed by atoms with E-state index < -0.39 is 0 Å². The van der Waals surface area contributed by atoms with Gasteiger partial charge >= 0.3 is 0 Å². The topological polar surface area (TPSA) is 38.0 Å². The molecule has 0 spiro atoms. The molecule has 1 aromatic heterocycles. The predicted molar refractivity (Wildman–Crippen MR) is 51.1 cm³/mol. The predicted octanol–water partition coefficient (Wildman–Crippen LogP) is 1.02. The van der Waals surface area contributed by atoms with Crippen molar-refractivity contribution in [1.29, 1.82) is 0 Å². The van der Waals surface area contributed by atoms with Gasteiger partial charge in [0, 0.05) is 17.7 Å². The molecule has 70 valence electrons. The molecule has 0 aliphatic heterocycles. The lowest BCUT2D eigenvalue weighted by molar-refractivity contribution is 0.280. The summed E-state index contributed by atoms with van der Waals surface area (Å²) in [5, 5.41) is 13.3. The van der Waals surface area contributed by atoms with E-state index in [0.29, 0.717) is 6.42 Å². The average Bonchev–Trinajstić information content (AvgIpc) is 2.38. The second-order valence-electron chi connectivity index (χ2n) is 2.98. The minimum atomic E-state index is 0.0493. The standard InChI is InChI=1S/C10H14N2O/c1-4-5-6-12-9(3)10(7-13)8(2)11-12/h1,13H,5-7H2,2-3H3. The quantitative estimate of drug-likeness (QED) is 0.702. The maximum Gasteiger partial charge on any atom is 0.0718 e. The summed E-state index contributed by atoms with van der Waals surface area (Å²) in [5.41, 5.74) is 2.81. The van der Waals surface area contributed by atoms with E-state index in [4.69, 9.17) is 11.5 Å². The van der Waals surface area contributed by atoms with Gasteiger partial charge in [-0.05, 0) is 13.8 Å². The first-order valence-electron chi connectivity index (χ1n) is 4.28. The van der Waals surface area contributed by atoms with Crippen molar-refractivity contribution in [3.05, 3.63) is 17.0 Å². The third kappa shape index (κ3) is 1.90. The van der Waals surface area contributed by atoms with Gasteiger partial charge < -0.3 is 5.11 Å². The summed E-state index contributed by atoms with van der Waals surface area (Å²) >= 11 is 0. The summed E-state index contributed by atoms with van der Waals surface area (Å²) in [6, 6.07) is 0. The summed E-state index contributed by atoms with van der Waals surface area (Å²) in [6.45, 7) is 4.61. The Balaban J connectivity index is 2.91. The highest BCUT2D eigenvalue weighted by molar-refractivity contribution is 5.23. The van der Waals surface area contributed by atoms with E-state index in [1.807, 2.05) is 18.5 Å². The van der Waals surface area contributed by atoms with Gasteiger partial charge in [0.05, 0.1) is 18.8 Å².